The number of hydrogen-bond donors (Lipinski definition) is 1. The third kappa shape index (κ3) is 2.44. The van der Waals surface area contributed by atoms with Crippen LogP contribution >= 0.6 is 0 Å². The Balaban J connectivity index is 2.11. The molecule has 0 saturated carbocycles. The molecule has 0 fully saturated rings. The maximum Gasteiger partial charge on any atom is 0.119 e. The van der Waals surface area contributed by atoms with E-state index in [4.69, 9.17) is 9.15 Å². The van der Waals surface area contributed by atoms with Gasteiger partial charge in [-0.2, -0.15) is 0 Å². The Bertz CT molecular complexity index is 434. The summed E-state index contributed by atoms with van der Waals surface area (Å²) in [4.78, 5) is 0. The number of hydrogen-bond acceptors (Lipinski definition) is 3. The predicted octanol–water partition coefficient (Wildman–Crippen LogP) is 2.56. The maximum absolute atomic E-state index is 10.0. The van der Waals surface area contributed by atoms with Gasteiger partial charge in [-0.3, -0.25) is 0 Å². The highest BCUT2D eigenvalue weighted by Gasteiger charge is 2.09. The highest BCUT2D eigenvalue weighted by molar-refractivity contribution is 5.30. The average Bonchev–Trinajstić information content (AvgIpc) is 2.82. The van der Waals surface area contributed by atoms with Gasteiger partial charge in [0.05, 0.1) is 25.7 Å². The topological polar surface area (TPSA) is 42.6 Å². The Morgan fingerprint density at radius 3 is 2.94 bits per heavy atom. The minimum atomic E-state index is -0.535. The molecule has 0 aliphatic heterocycles. The fraction of sp³-hybridized carbons (Fsp3) is 0.231. The van der Waals surface area contributed by atoms with E-state index in [0.29, 0.717) is 6.42 Å². The van der Waals surface area contributed by atoms with Crippen LogP contribution in [0.5, 0.6) is 5.75 Å². The van der Waals surface area contributed by atoms with Crippen molar-refractivity contribution in [2.75, 3.05) is 7.11 Å². The van der Waals surface area contributed by atoms with Crippen LogP contribution in [0.1, 0.15) is 17.2 Å². The number of aliphatic hydroxyl groups is 1. The van der Waals surface area contributed by atoms with Crippen LogP contribution in [-0.4, -0.2) is 12.2 Å². The summed E-state index contributed by atoms with van der Waals surface area (Å²) in [6.45, 7) is 0. The summed E-state index contributed by atoms with van der Waals surface area (Å²) in [7, 11) is 1.61. The summed E-state index contributed by atoms with van der Waals surface area (Å²) >= 11 is 0. The van der Waals surface area contributed by atoms with E-state index in [2.05, 4.69) is 0 Å². The molecule has 1 unspecified atom stereocenters. The monoisotopic (exact) mass is 218 g/mol. The molecule has 0 aliphatic rings. The summed E-state index contributed by atoms with van der Waals surface area (Å²) in [5, 5.41) is 10.0. The number of furan rings is 1. The molecule has 1 heterocycles. The molecule has 1 N–H and O–H groups in total. The smallest absolute Gasteiger partial charge is 0.119 e. The molecule has 2 rings (SSSR count). The van der Waals surface area contributed by atoms with Crippen LogP contribution in [0, 0.1) is 0 Å². The lowest BCUT2D eigenvalue weighted by Gasteiger charge is -2.10. The molecule has 0 amide bonds. The quantitative estimate of drug-likeness (QED) is 0.857. The number of benzene rings is 1. The second-order valence-electron chi connectivity index (χ2n) is 3.63. The van der Waals surface area contributed by atoms with Gasteiger partial charge in [-0.15, -0.1) is 0 Å². The van der Waals surface area contributed by atoms with Gasteiger partial charge >= 0.3 is 0 Å². The fourth-order valence-electron chi connectivity index (χ4n) is 1.60. The van der Waals surface area contributed by atoms with E-state index in [1.807, 2.05) is 30.3 Å². The normalized spacial score (nSPS) is 12.4. The van der Waals surface area contributed by atoms with Crippen molar-refractivity contribution in [2.24, 2.45) is 0 Å². The summed E-state index contributed by atoms with van der Waals surface area (Å²) in [6.07, 6.45) is 3.26. The van der Waals surface area contributed by atoms with Crippen molar-refractivity contribution in [2.45, 2.75) is 12.5 Å². The molecular formula is C13H14O3. The summed E-state index contributed by atoms with van der Waals surface area (Å²) < 4.78 is 10.1. The summed E-state index contributed by atoms with van der Waals surface area (Å²) in [6, 6.07) is 9.29. The third-order valence-electron chi connectivity index (χ3n) is 2.49. The van der Waals surface area contributed by atoms with Gasteiger partial charge in [0, 0.05) is 6.42 Å². The molecule has 0 bridgehead atoms. The minimum absolute atomic E-state index is 0.535. The molecule has 84 valence electrons. The van der Waals surface area contributed by atoms with Crippen molar-refractivity contribution >= 4 is 0 Å². The van der Waals surface area contributed by atoms with E-state index in [9.17, 15) is 5.11 Å². The van der Waals surface area contributed by atoms with Crippen LogP contribution in [-0.2, 0) is 6.42 Å². The highest BCUT2D eigenvalue weighted by Crippen LogP contribution is 2.22. The zero-order valence-electron chi connectivity index (χ0n) is 9.09. The second kappa shape index (κ2) is 4.86. The first-order valence-electron chi connectivity index (χ1n) is 5.12. The van der Waals surface area contributed by atoms with Crippen LogP contribution < -0.4 is 4.74 Å². The Hall–Kier alpha value is -1.74. The van der Waals surface area contributed by atoms with Crippen LogP contribution in [0.2, 0.25) is 0 Å². The standard InChI is InChI=1S/C13H14O3/c1-15-12-4-2-3-11(8-12)13(14)7-10-5-6-16-9-10/h2-6,8-9,13-14H,7H2,1H3. The van der Waals surface area contributed by atoms with Gasteiger partial charge in [-0.25, -0.2) is 0 Å². The van der Waals surface area contributed by atoms with Gasteiger partial charge in [-0.1, -0.05) is 12.1 Å². The van der Waals surface area contributed by atoms with Gasteiger partial charge < -0.3 is 14.3 Å². The van der Waals surface area contributed by atoms with Crippen LogP contribution in [0.3, 0.4) is 0 Å². The lowest BCUT2D eigenvalue weighted by Crippen LogP contribution is -2.01. The second-order valence-corrected chi connectivity index (χ2v) is 3.63. The van der Waals surface area contributed by atoms with Gasteiger partial charge in [0.15, 0.2) is 0 Å². The Morgan fingerprint density at radius 1 is 1.38 bits per heavy atom. The first-order valence-corrected chi connectivity index (χ1v) is 5.12. The van der Waals surface area contributed by atoms with Gasteiger partial charge in [0.25, 0.3) is 0 Å². The van der Waals surface area contributed by atoms with Crippen molar-refractivity contribution in [3.05, 3.63) is 54.0 Å². The maximum atomic E-state index is 10.0. The Kier molecular flexibility index (Phi) is 3.27. The largest absolute Gasteiger partial charge is 0.497 e. The summed E-state index contributed by atoms with van der Waals surface area (Å²) in [5.41, 5.74) is 1.83. The molecule has 0 spiro atoms. The van der Waals surface area contributed by atoms with Gasteiger partial charge in [0.2, 0.25) is 0 Å². The van der Waals surface area contributed by atoms with Crippen LogP contribution in [0.15, 0.2) is 47.3 Å². The first-order chi connectivity index (χ1) is 7.79. The molecule has 1 aromatic heterocycles. The van der Waals surface area contributed by atoms with E-state index < -0.39 is 6.10 Å². The van der Waals surface area contributed by atoms with E-state index >= 15 is 0 Å². The fourth-order valence-corrected chi connectivity index (χ4v) is 1.60. The van der Waals surface area contributed by atoms with Crippen molar-refractivity contribution in [3.63, 3.8) is 0 Å². The first kappa shape index (κ1) is 10.8. The van der Waals surface area contributed by atoms with Crippen molar-refractivity contribution in [1.82, 2.24) is 0 Å². The molecular weight excluding hydrogens is 204 g/mol. The van der Waals surface area contributed by atoms with Gasteiger partial charge in [0.1, 0.15) is 5.75 Å². The molecule has 0 radical (unpaired) electrons. The predicted molar refractivity (Wildman–Crippen MR) is 60.4 cm³/mol. The number of aliphatic hydroxyl groups excluding tert-OH is 1. The number of methoxy groups -OCH3 is 1. The van der Waals surface area contributed by atoms with Crippen LogP contribution in [0.25, 0.3) is 0 Å². The SMILES string of the molecule is COc1cccc(C(O)Cc2ccoc2)c1. The molecule has 1 aromatic carbocycles. The van der Waals surface area contributed by atoms with E-state index in [1.54, 1.807) is 19.6 Å². The molecule has 1 atom stereocenters. The summed E-state index contributed by atoms with van der Waals surface area (Å²) in [5.74, 6) is 0.753. The molecule has 0 saturated heterocycles. The Labute approximate surface area is 94.3 Å². The molecule has 16 heavy (non-hydrogen) atoms. The lowest BCUT2D eigenvalue weighted by molar-refractivity contribution is 0.178. The van der Waals surface area contributed by atoms with Gasteiger partial charge in [-0.05, 0) is 29.3 Å². The number of rotatable bonds is 4. The van der Waals surface area contributed by atoms with Crippen molar-refractivity contribution in [1.29, 1.82) is 0 Å². The molecule has 0 aliphatic carbocycles. The zero-order valence-corrected chi connectivity index (χ0v) is 9.09. The lowest BCUT2D eigenvalue weighted by atomic mass is 10.0. The molecule has 3 heteroatoms. The molecule has 3 nitrogen and oxygen atoms in total. The third-order valence-corrected chi connectivity index (χ3v) is 2.49. The van der Waals surface area contributed by atoms with Crippen molar-refractivity contribution in [3.8, 4) is 5.75 Å². The van der Waals surface area contributed by atoms with E-state index in [1.165, 1.54) is 0 Å². The van der Waals surface area contributed by atoms with Crippen molar-refractivity contribution < 1.29 is 14.3 Å². The minimum Gasteiger partial charge on any atom is -0.497 e. The molecule has 2 aromatic rings. The van der Waals surface area contributed by atoms with Crippen LogP contribution in [0.4, 0.5) is 0 Å². The Morgan fingerprint density at radius 2 is 2.25 bits per heavy atom. The van der Waals surface area contributed by atoms with E-state index in [0.717, 1.165) is 16.9 Å². The average molecular weight is 218 g/mol. The number of ether oxygens (including phenoxy) is 1. The van der Waals surface area contributed by atoms with E-state index in [-0.39, 0.29) is 0 Å². The highest BCUT2D eigenvalue weighted by atomic mass is 16.5. The zero-order chi connectivity index (χ0) is 11.4.